The van der Waals surface area contributed by atoms with E-state index in [0.29, 0.717) is 12.1 Å². The molecule has 1 aromatic carbocycles. The SMILES string of the molecule is CN(C)CCNC(=O)NC1(c2ccccc2F)CCC1. The Morgan fingerprint density at radius 2 is 2.05 bits per heavy atom. The normalized spacial score (nSPS) is 16.6. The summed E-state index contributed by atoms with van der Waals surface area (Å²) in [6.45, 7) is 1.35. The van der Waals surface area contributed by atoms with Gasteiger partial charge in [0.05, 0.1) is 5.54 Å². The predicted molar refractivity (Wildman–Crippen MR) is 77.0 cm³/mol. The summed E-state index contributed by atoms with van der Waals surface area (Å²) in [5.41, 5.74) is 0.0575. The monoisotopic (exact) mass is 279 g/mol. The van der Waals surface area contributed by atoms with Gasteiger partial charge in [-0.1, -0.05) is 18.2 Å². The van der Waals surface area contributed by atoms with Crippen LogP contribution >= 0.6 is 0 Å². The molecule has 0 aliphatic heterocycles. The third-order valence-corrected chi connectivity index (χ3v) is 3.79. The summed E-state index contributed by atoms with van der Waals surface area (Å²) in [5, 5.41) is 5.77. The highest BCUT2D eigenvalue weighted by atomic mass is 19.1. The maximum atomic E-state index is 13.9. The van der Waals surface area contributed by atoms with Crippen LogP contribution in [0.5, 0.6) is 0 Å². The molecule has 0 atom stereocenters. The molecule has 0 spiro atoms. The average Bonchev–Trinajstić information content (AvgIpc) is 2.34. The van der Waals surface area contributed by atoms with Gasteiger partial charge in [-0.15, -0.1) is 0 Å². The second-order valence-electron chi connectivity index (χ2n) is 5.60. The lowest BCUT2D eigenvalue weighted by molar-refractivity contribution is 0.173. The molecule has 0 heterocycles. The maximum absolute atomic E-state index is 13.9. The van der Waals surface area contributed by atoms with Crippen LogP contribution in [0.15, 0.2) is 24.3 Å². The molecule has 110 valence electrons. The first-order valence-corrected chi connectivity index (χ1v) is 6.99. The number of amides is 2. The fraction of sp³-hybridized carbons (Fsp3) is 0.533. The predicted octanol–water partition coefficient (Wildman–Crippen LogP) is 2.07. The van der Waals surface area contributed by atoms with Crippen molar-refractivity contribution in [2.24, 2.45) is 0 Å². The van der Waals surface area contributed by atoms with Gasteiger partial charge in [0.2, 0.25) is 0 Å². The molecule has 2 N–H and O–H groups in total. The summed E-state index contributed by atoms with van der Waals surface area (Å²) in [4.78, 5) is 14.0. The summed E-state index contributed by atoms with van der Waals surface area (Å²) < 4.78 is 13.9. The van der Waals surface area contributed by atoms with E-state index in [-0.39, 0.29) is 11.8 Å². The number of nitrogens with zero attached hydrogens (tertiary/aromatic N) is 1. The second kappa shape index (κ2) is 6.22. The van der Waals surface area contributed by atoms with Crippen LogP contribution in [0.2, 0.25) is 0 Å². The average molecular weight is 279 g/mol. The molecule has 1 aliphatic carbocycles. The van der Waals surface area contributed by atoms with Crippen molar-refractivity contribution in [3.8, 4) is 0 Å². The summed E-state index contributed by atoms with van der Waals surface area (Å²) in [7, 11) is 3.90. The van der Waals surface area contributed by atoms with E-state index in [9.17, 15) is 9.18 Å². The van der Waals surface area contributed by atoms with Gasteiger partial charge < -0.3 is 15.5 Å². The van der Waals surface area contributed by atoms with Crippen LogP contribution in [0.25, 0.3) is 0 Å². The van der Waals surface area contributed by atoms with E-state index in [1.54, 1.807) is 12.1 Å². The second-order valence-corrected chi connectivity index (χ2v) is 5.60. The van der Waals surface area contributed by atoms with E-state index in [2.05, 4.69) is 10.6 Å². The molecule has 0 aromatic heterocycles. The molecular weight excluding hydrogens is 257 g/mol. The van der Waals surface area contributed by atoms with Gasteiger partial charge in [0.15, 0.2) is 0 Å². The van der Waals surface area contributed by atoms with E-state index in [1.807, 2.05) is 25.1 Å². The molecule has 1 aromatic rings. The Morgan fingerprint density at radius 3 is 2.60 bits per heavy atom. The van der Waals surface area contributed by atoms with Crippen molar-refractivity contribution in [1.29, 1.82) is 0 Å². The van der Waals surface area contributed by atoms with E-state index in [4.69, 9.17) is 0 Å². The minimum Gasteiger partial charge on any atom is -0.337 e. The van der Waals surface area contributed by atoms with Gasteiger partial charge in [-0.3, -0.25) is 0 Å². The minimum absolute atomic E-state index is 0.227. The maximum Gasteiger partial charge on any atom is 0.315 e. The molecule has 0 bridgehead atoms. The van der Waals surface area contributed by atoms with Gasteiger partial charge in [0.1, 0.15) is 5.82 Å². The zero-order valence-corrected chi connectivity index (χ0v) is 12.1. The molecule has 5 heteroatoms. The lowest BCUT2D eigenvalue weighted by Crippen LogP contribution is -2.54. The topological polar surface area (TPSA) is 44.4 Å². The van der Waals surface area contributed by atoms with E-state index >= 15 is 0 Å². The number of benzene rings is 1. The van der Waals surface area contributed by atoms with Crippen LogP contribution in [0.1, 0.15) is 24.8 Å². The van der Waals surface area contributed by atoms with Crippen LogP contribution in [0, 0.1) is 5.82 Å². The molecule has 0 unspecified atom stereocenters. The van der Waals surface area contributed by atoms with Crippen molar-refractivity contribution in [3.63, 3.8) is 0 Å². The van der Waals surface area contributed by atoms with E-state index in [1.165, 1.54) is 6.07 Å². The summed E-state index contributed by atoms with van der Waals surface area (Å²) in [5.74, 6) is -0.249. The molecule has 0 radical (unpaired) electrons. The standard InChI is InChI=1S/C15H22FN3O/c1-19(2)11-10-17-14(20)18-15(8-5-9-15)12-6-3-4-7-13(12)16/h3-4,6-7H,5,8-11H2,1-2H3,(H2,17,18,20). The number of carbonyl (C=O) groups is 1. The van der Waals surface area contributed by atoms with Gasteiger partial charge in [-0.05, 0) is 39.4 Å². The number of hydrogen-bond donors (Lipinski definition) is 2. The third kappa shape index (κ3) is 3.28. The van der Waals surface area contributed by atoms with Crippen LogP contribution < -0.4 is 10.6 Å². The third-order valence-electron chi connectivity index (χ3n) is 3.79. The van der Waals surface area contributed by atoms with E-state index < -0.39 is 5.54 Å². The highest BCUT2D eigenvalue weighted by Gasteiger charge is 2.41. The first kappa shape index (κ1) is 14.8. The van der Waals surface area contributed by atoms with Crippen LogP contribution in [-0.2, 0) is 5.54 Å². The first-order chi connectivity index (χ1) is 9.53. The summed E-state index contributed by atoms with van der Waals surface area (Å²) in [6, 6.07) is 6.46. The highest BCUT2D eigenvalue weighted by Crippen LogP contribution is 2.42. The zero-order valence-electron chi connectivity index (χ0n) is 12.1. The lowest BCUT2D eigenvalue weighted by atomic mass is 9.71. The number of halogens is 1. The van der Waals surface area contributed by atoms with Crippen molar-refractivity contribution in [2.45, 2.75) is 24.8 Å². The Hall–Kier alpha value is -1.62. The number of hydrogen-bond acceptors (Lipinski definition) is 2. The van der Waals surface area contributed by atoms with Crippen molar-refractivity contribution < 1.29 is 9.18 Å². The highest BCUT2D eigenvalue weighted by molar-refractivity contribution is 5.75. The quantitative estimate of drug-likeness (QED) is 0.866. The number of nitrogens with one attached hydrogen (secondary N) is 2. The molecule has 1 fully saturated rings. The van der Waals surface area contributed by atoms with Crippen molar-refractivity contribution >= 4 is 6.03 Å². The van der Waals surface area contributed by atoms with Crippen molar-refractivity contribution in [2.75, 3.05) is 27.2 Å². The van der Waals surface area contributed by atoms with Crippen LogP contribution in [0.3, 0.4) is 0 Å². The van der Waals surface area contributed by atoms with Gasteiger partial charge in [0, 0.05) is 18.7 Å². The largest absolute Gasteiger partial charge is 0.337 e. The zero-order chi connectivity index (χ0) is 14.6. The molecule has 2 amide bonds. The minimum atomic E-state index is -0.534. The van der Waals surface area contributed by atoms with E-state index in [0.717, 1.165) is 25.8 Å². The smallest absolute Gasteiger partial charge is 0.315 e. The van der Waals surface area contributed by atoms with Gasteiger partial charge in [-0.2, -0.15) is 0 Å². The fourth-order valence-corrected chi connectivity index (χ4v) is 2.50. The number of likely N-dealkylation sites (N-methyl/N-ethyl adjacent to an activating group) is 1. The summed E-state index contributed by atoms with van der Waals surface area (Å²) in [6.07, 6.45) is 2.58. The molecule has 2 rings (SSSR count). The summed E-state index contributed by atoms with van der Waals surface area (Å²) >= 11 is 0. The van der Waals surface area contributed by atoms with Gasteiger partial charge in [-0.25, -0.2) is 9.18 Å². The molecule has 4 nitrogen and oxygen atoms in total. The Kier molecular flexibility index (Phi) is 4.60. The van der Waals surface area contributed by atoms with Crippen LogP contribution in [-0.4, -0.2) is 38.1 Å². The molecular formula is C15H22FN3O. The Bertz CT molecular complexity index is 472. The molecule has 1 saturated carbocycles. The number of carbonyl (C=O) groups excluding carboxylic acids is 1. The first-order valence-electron chi connectivity index (χ1n) is 6.99. The van der Waals surface area contributed by atoms with Crippen LogP contribution in [0.4, 0.5) is 9.18 Å². The lowest BCUT2D eigenvalue weighted by Gasteiger charge is -2.43. The number of rotatable bonds is 5. The van der Waals surface area contributed by atoms with Crippen molar-refractivity contribution in [1.82, 2.24) is 15.5 Å². The van der Waals surface area contributed by atoms with Gasteiger partial charge in [0.25, 0.3) is 0 Å². The molecule has 1 aliphatic rings. The van der Waals surface area contributed by atoms with Crippen molar-refractivity contribution in [3.05, 3.63) is 35.6 Å². The van der Waals surface area contributed by atoms with Gasteiger partial charge >= 0.3 is 6.03 Å². The Labute approximate surface area is 119 Å². The fourth-order valence-electron chi connectivity index (χ4n) is 2.50. The molecule has 0 saturated heterocycles. The Morgan fingerprint density at radius 1 is 1.35 bits per heavy atom. The number of urea groups is 1. The molecule has 20 heavy (non-hydrogen) atoms. The Balaban J connectivity index is 1.98.